The molecule has 0 spiro atoms. The Balaban J connectivity index is 1.55. The van der Waals surface area contributed by atoms with Gasteiger partial charge in [-0.25, -0.2) is 27.5 Å². The summed E-state index contributed by atoms with van der Waals surface area (Å²) in [6, 6.07) is 0.327. The van der Waals surface area contributed by atoms with Crippen LogP contribution in [0, 0.1) is 5.82 Å². The minimum absolute atomic E-state index is 0.00168. The van der Waals surface area contributed by atoms with Crippen LogP contribution in [0.5, 0.6) is 11.9 Å². The van der Waals surface area contributed by atoms with Gasteiger partial charge in [0.1, 0.15) is 46.7 Å². The van der Waals surface area contributed by atoms with E-state index in [0.29, 0.717) is 38.5 Å². The Hall–Kier alpha value is -3.73. The van der Waals surface area contributed by atoms with Gasteiger partial charge in [-0.3, -0.25) is 4.90 Å². The summed E-state index contributed by atoms with van der Waals surface area (Å²) < 4.78 is 114. The van der Waals surface area contributed by atoms with E-state index in [1.807, 2.05) is 11.8 Å². The molecule has 0 bridgehead atoms. The zero-order valence-electron chi connectivity index (χ0n) is 25.7. The van der Waals surface area contributed by atoms with Crippen molar-refractivity contribution in [3.63, 3.8) is 0 Å². The van der Waals surface area contributed by atoms with Gasteiger partial charge in [-0.05, 0) is 45.2 Å². The Labute approximate surface area is 265 Å². The van der Waals surface area contributed by atoms with Crippen LogP contribution in [0.25, 0.3) is 22.2 Å². The molecule has 256 valence electrons. The smallest absolute Gasteiger partial charge is 0.419 e. The lowest BCUT2D eigenvalue weighted by Gasteiger charge is -2.30. The quantitative estimate of drug-likeness (QED) is 0.283. The second-order valence-corrected chi connectivity index (χ2v) is 12.3. The first kappa shape index (κ1) is 33.2. The molecule has 3 aliphatic heterocycles. The number of hydrogen-bond donors (Lipinski definition) is 3. The Morgan fingerprint density at radius 3 is 2.70 bits per heavy atom. The standard InChI is InChI=1S/C30H35F7N8O2/c1-3-16-9-14(2)47-27-19-23(21(32)22(42-27)17-10-18(38)41-24(25(33)34)20(17)30(35,36)37)43-28(44-26(19)40-7-6-39-16)46-13-29-5-4-8-45(29)12-15(31)11-29/h10,14-16,25,39H,3-9,11-13H2,1-2H3,(H2,38,41)(H,40,43,44)/t14-,15+,16?,29-/m0/s1. The zero-order valence-corrected chi connectivity index (χ0v) is 25.7. The van der Waals surface area contributed by atoms with Crippen LogP contribution >= 0.6 is 0 Å². The number of alkyl halides is 6. The molecule has 4 atom stereocenters. The average Bonchev–Trinajstić information content (AvgIpc) is 3.52. The van der Waals surface area contributed by atoms with Crippen molar-refractivity contribution in [2.45, 2.75) is 82.4 Å². The summed E-state index contributed by atoms with van der Waals surface area (Å²) in [6.07, 6.45) is -7.73. The Morgan fingerprint density at radius 1 is 1.19 bits per heavy atom. The highest BCUT2D eigenvalue weighted by molar-refractivity contribution is 5.96. The van der Waals surface area contributed by atoms with Crippen molar-refractivity contribution < 1.29 is 40.2 Å². The average molecular weight is 673 g/mol. The van der Waals surface area contributed by atoms with Gasteiger partial charge in [-0.1, -0.05) is 6.92 Å². The van der Waals surface area contributed by atoms with Crippen LogP contribution in [0.2, 0.25) is 0 Å². The van der Waals surface area contributed by atoms with Gasteiger partial charge in [-0.15, -0.1) is 0 Å². The molecule has 0 radical (unpaired) electrons. The fraction of sp³-hybridized carbons (Fsp3) is 0.600. The molecule has 6 heterocycles. The molecular formula is C30H35F7N8O2. The summed E-state index contributed by atoms with van der Waals surface area (Å²) in [5.74, 6) is -2.33. The summed E-state index contributed by atoms with van der Waals surface area (Å²) in [5, 5.41) is 6.41. The van der Waals surface area contributed by atoms with Gasteiger partial charge in [0.05, 0.1) is 17.2 Å². The van der Waals surface area contributed by atoms with Crippen LogP contribution in [-0.2, 0) is 6.18 Å². The van der Waals surface area contributed by atoms with E-state index < -0.39 is 70.1 Å². The molecular weight excluding hydrogens is 637 g/mol. The number of anilines is 2. The van der Waals surface area contributed by atoms with Crippen LogP contribution in [0.1, 0.15) is 63.6 Å². The van der Waals surface area contributed by atoms with Gasteiger partial charge in [0.15, 0.2) is 5.82 Å². The molecule has 6 rings (SSSR count). The maximum Gasteiger partial charge on any atom is 0.419 e. The fourth-order valence-electron chi connectivity index (χ4n) is 6.94. The number of ether oxygens (including phenoxy) is 2. The summed E-state index contributed by atoms with van der Waals surface area (Å²) >= 11 is 0. The second-order valence-electron chi connectivity index (χ2n) is 12.3. The number of fused-ring (bicyclic) bond motifs is 1. The third-order valence-electron chi connectivity index (χ3n) is 9.05. The van der Waals surface area contributed by atoms with Gasteiger partial charge in [-0.2, -0.15) is 23.1 Å². The molecule has 10 nitrogen and oxygen atoms in total. The highest BCUT2D eigenvalue weighted by atomic mass is 19.4. The Morgan fingerprint density at radius 2 is 1.98 bits per heavy atom. The zero-order chi connectivity index (χ0) is 33.7. The predicted octanol–water partition coefficient (Wildman–Crippen LogP) is 5.67. The SMILES string of the molecule is CCC1C[C@H](C)Oc2nc(-c3cc(N)nc(C(F)F)c3C(F)(F)F)c(F)c3nc(OC[C@@]45CCCN4C[C@H](F)C5)nc(c23)NCCN1. The van der Waals surface area contributed by atoms with Crippen LogP contribution in [0.15, 0.2) is 6.07 Å². The first-order chi connectivity index (χ1) is 22.3. The molecule has 0 aliphatic carbocycles. The number of nitrogens with one attached hydrogen (secondary N) is 2. The predicted molar refractivity (Wildman–Crippen MR) is 159 cm³/mol. The highest BCUT2D eigenvalue weighted by Crippen LogP contribution is 2.46. The van der Waals surface area contributed by atoms with Crippen molar-refractivity contribution in [2.24, 2.45) is 0 Å². The summed E-state index contributed by atoms with van der Waals surface area (Å²) in [7, 11) is 0. The first-order valence-corrected chi connectivity index (χ1v) is 15.5. The van der Waals surface area contributed by atoms with Crippen molar-refractivity contribution >= 4 is 22.5 Å². The van der Waals surface area contributed by atoms with E-state index in [0.717, 1.165) is 12.8 Å². The van der Waals surface area contributed by atoms with E-state index in [-0.39, 0.29) is 48.7 Å². The minimum Gasteiger partial charge on any atom is -0.474 e. The fourth-order valence-corrected chi connectivity index (χ4v) is 6.94. The maximum absolute atomic E-state index is 16.6. The van der Waals surface area contributed by atoms with E-state index in [4.69, 9.17) is 15.2 Å². The Kier molecular flexibility index (Phi) is 8.97. The van der Waals surface area contributed by atoms with E-state index >= 15 is 4.39 Å². The molecule has 0 amide bonds. The van der Waals surface area contributed by atoms with Crippen molar-refractivity contribution in [2.75, 3.05) is 43.8 Å². The molecule has 0 aromatic carbocycles. The van der Waals surface area contributed by atoms with Crippen LogP contribution in [-0.4, -0.2) is 81.5 Å². The van der Waals surface area contributed by atoms with Gasteiger partial charge in [0, 0.05) is 37.7 Å². The number of aromatic nitrogens is 4. The van der Waals surface area contributed by atoms with Crippen molar-refractivity contribution in [1.29, 1.82) is 0 Å². The molecule has 2 fully saturated rings. The van der Waals surface area contributed by atoms with Crippen LogP contribution in [0.4, 0.5) is 42.4 Å². The number of pyridine rings is 2. The number of hydrogen-bond acceptors (Lipinski definition) is 10. The van der Waals surface area contributed by atoms with E-state index in [1.165, 1.54) is 0 Å². The van der Waals surface area contributed by atoms with Crippen molar-refractivity contribution in [3.05, 3.63) is 23.1 Å². The summed E-state index contributed by atoms with van der Waals surface area (Å²) in [6.45, 7) is 5.43. The number of nitrogens with two attached hydrogens (primary N) is 1. The number of halogens is 7. The maximum atomic E-state index is 16.6. The van der Waals surface area contributed by atoms with E-state index in [2.05, 4.69) is 30.6 Å². The molecule has 1 unspecified atom stereocenters. The van der Waals surface area contributed by atoms with Crippen LogP contribution in [0.3, 0.4) is 0 Å². The molecule has 3 aromatic rings. The van der Waals surface area contributed by atoms with E-state index in [9.17, 15) is 26.3 Å². The van der Waals surface area contributed by atoms with Crippen LogP contribution < -0.4 is 25.8 Å². The number of nitrogens with zero attached hydrogens (tertiary/aromatic N) is 5. The molecule has 3 aliphatic rings. The number of nitrogen functional groups attached to an aromatic ring is 1. The largest absolute Gasteiger partial charge is 0.474 e. The van der Waals surface area contributed by atoms with Gasteiger partial charge in [0.2, 0.25) is 5.88 Å². The lowest BCUT2D eigenvalue weighted by molar-refractivity contribution is -0.139. The van der Waals surface area contributed by atoms with E-state index in [1.54, 1.807) is 6.92 Å². The first-order valence-electron chi connectivity index (χ1n) is 15.5. The molecule has 2 saturated heterocycles. The summed E-state index contributed by atoms with van der Waals surface area (Å²) in [4.78, 5) is 18.1. The topological polar surface area (TPSA) is 123 Å². The lowest BCUT2D eigenvalue weighted by atomic mass is 9.95. The van der Waals surface area contributed by atoms with Gasteiger partial charge >= 0.3 is 12.2 Å². The second kappa shape index (κ2) is 12.7. The highest BCUT2D eigenvalue weighted by Gasteiger charge is 2.49. The lowest BCUT2D eigenvalue weighted by Crippen LogP contribution is -2.43. The number of rotatable bonds is 6. The Bertz CT molecular complexity index is 1640. The van der Waals surface area contributed by atoms with Crippen molar-refractivity contribution in [3.8, 4) is 23.1 Å². The minimum atomic E-state index is -5.38. The normalized spacial score (nSPS) is 25.4. The molecule has 17 heteroatoms. The molecule has 47 heavy (non-hydrogen) atoms. The monoisotopic (exact) mass is 672 g/mol. The third-order valence-corrected chi connectivity index (χ3v) is 9.05. The van der Waals surface area contributed by atoms with Gasteiger partial charge < -0.3 is 25.8 Å². The van der Waals surface area contributed by atoms with Crippen molar-refractivity contribution in [1.82, 2.24) is 30.2 Å². The molecule has 4 N–H and O–H groups in total. The molecule has 0 saturated carbocycles. The molecule has 3 aromatic heterocycles. The third kappa shape index (κ3) is 6.43. The summed E-state index contributed by atoms with van der Waals surface area (Å²) in [5.41, 5.74) is -1.01. The van der Waals surface area contributed by atoms with Gasteiger partial charge in [0.25, 0.3) is 6.43 Å².